The fourth-order valence-electron chi connectivity index (χ4n) is 1.76. The lowest BCUT2D eigenvalue weighted by atomic mass is 10.1. The zero-order valence-electron chi connectivity index (χ0n) is 10.9. The summed E-state index contributed by atoms with van der Waals surface area (Å²) in [6, 6.07) is 12.2. The number of carbonyl (C=O) groups is 1. The second-order valence-electron chi connectivity index (χ2n) is 4.22. The standard InChI is InChI=1S/C15H13F2NO3/c16-15(17)21-13-6-2-4-11(8-13)14(20)18-12-5-1-3-10(7-12)9-19/h1-8,15,19H,9H2,(H,18,20). The Hall–Kier alpha value is -2.47. The molecule has 0 spiro atoms. The van der Waals surface area contributed by atoms with Gasteiger partial charge >= 0.3 is 6.61 Å². The zero-order chi connectivity index (χ0) is 15.2. The molecular weight excluding hydrogens is 280 g/mol. The van der Waals surface area contributed by atoms with Crippen molar-refractivity contribution in [2.75, 3.05) is 5.32 Å². The molecule has 0 fully saturated rings. The molecule has 21 heavy (non-hydrogen) atoms. The van der Waals surface area contributed by atoms with Crippen molar-refractivity contribution >= 4 is 11.6 Å². The number of amides is 1. The van der Waals surface area contributed by atoms with Gasteiger partial charge < -0.3 is 15.2 Å². The number of alkyl halides is 2. The number of aliphatic hydroxyl groups is 1. The maximum atomic E-state index is 12.1. The van der Waals surface area contributed by atoms with E-state index in [-0.39, 0.29) is 17.9 Å². The molecule has 6 heteroatoms. The monoisotopic (exact) mass is 293 g/mol. The largest absolute Gasteiger partial charge is 0.435 e. The van der Waals surface area contributed by atoms with Crippen LogP contribution in [0.5, 0.6) is 5.75 Å². The van der Waals surface area contributed by atoms with Crippen LogP contribution in [0, 0.1) is 0 Å². The third kappa shape index (κ3) is 4.25. The maximum Gasteiger partial charge on any atom is 0.387 e. The molecule has 0 unspecified atom stereocenters. The SMILES string of the molecule is O=C(Nc1cccc(CO)c1)c1cccc(OC(F)F)c1. The van der Waals surface area contributed by atoms with Crippen molar-refractivity contribution in [2.45, 2.75) is 13.2 Å². The summed E-state index contributed by atoms with van der Waals surface area (Å²) in [5.74, 6) is -0.536. The van der Waals surface area contributed by atoms with E-state index in [4.69, 9.17) is 5.11 Å². The molecule has 0 saturated carbocycles. The van der Waals surface area contributed by atoms with Crippen LogP contribution in [0.4, 0.5) is 14.5 Å². The first kappa shape index (κ1) is 14.9. The Bertz CT molecular complexity index is 632. The van der Waals surface area contributed by atoms with Crippen LogP contribution in [0.25, 0.3) is 0 Å². The number of rotatable bonds is 5. The van der Waals surface area contributed by atoms with Gasteiger partial charge in [-0.2, -0.15) is 8.78 Å². The van der Waals surface area contributed by atoms with E-state index in [0.717, 1.165) is 0 Å². The van der Waals surface area contributed by atoms with E-state index in [1.807, 2.05) is 0 Å². The second kappa shape index (κ2) is 6.81. The van der Waals surface area contributed by atoms with E-state index in [2.05, 4.69) is 10.1 Å². The Labute approximate surface area is 120 Å². The average Bonchev–Trinajstić information content (AvgIpc) is 2.47. The first-order valence-electron chi connectivity index (χ1n) is 6.14. The molecule has 0 aliphatic rings. The number of halogens is 2. The number of nitrogens with one attached hydrogen (secondary N) is 1. The minimum Gasteiger partial charge on any atom is -0.435 e. The molecule has 2 aromatic carbocycles. The lowest BCUT2D eigenvalue weighted by Crippen LogP contribution is -2.12. The van der Waals surface area contributed by atoms with Gasteiger partial charge in [0.1, 0.15) is 5.75 Å². The van der Waals surface area contributed by atoms with Crippen LogP contribution in [0.2, 0.25) is 0 Å². The molecule has 0 saturated heterocycles. The maximum absolute atomic E-state index is 12.1. The summed E-state index contributed by atoms with van der Waals surface area (Å²) >= 11 is 0. The van der Waals surface area contributed by atoms with Crippen molar-refractivity contribution in [1.82, 2.24) is 0 Å². The van der Waals surface area contributed by atoms with Crippen molar-refractivity contribution < 1.29 is 23.4 Å². The molecule has 0 aliphatic heterocycles. The van der Waals surface area contributed by atoms with Crippen molar-refractivity contribution in [3.05, 3.63) is 59.7 Å². The molecule has 1 amide bonds. The topological polar surface area (TPSA) is 58.6 Å². The lowest BCUT2D eigenvalue weighted by Gasteiger charge is -2.08. The predicted molar refractivity (Wildman–Crippen MR) is 73.4 cm³/mol. The van der Waals surface area contributed by atoms with Crippen LogP contribution in [0.15, 0.2) is 48.5 Å². The van der Waals surface area contributed by atoms with E-state index in [1.54, 1.807) is 24.3 Å². The molecule has 2 rings (SSSR count). The van der Waals surface area contributed by atoms with Crippen molar-refractivity contribution in [3.8, 4) is 5.75 Å². The number of carbonyl (C=O) groups excluding carboxylic acids is 1. The first-order chi connectivity index (χ1) is 10.1. The molecule has 0 heterocycles. The summed E-state index contributed by atoms with van der Waals surface area (Å²) in [6.07, 6.45) is 0. The molecule has 0 aliphatic carbocycles. The summed E-state index contributed by atoms with van der Waals surface area (Å²) in [5, 5.41) is 11.7. The van der Waals surface area contributed by atoms with Gasteiger partial charge in [0, 0.05) is 11.3 Å². The van der Waals surface area contributed by atoms with Crippen LogP contribution in [0.3, 0.4) is 0 Å². The summed E-state index contributed by atoms with van der Waals surface area (Å²) in [4.78, 5) is 12.0. The first-order valence-corrected chi connectivity index (χ1v) is 6.14. The molecule has 2 aromatic rings. The van der Waals surface area contributed by atoms with Crippen molar-refractivity contribution in [3.63, 3.8) is 0 Å². The second-order valence-corrected chi connectivity index (χ2v) is 4.22. The number of hydrogen-bond donors (Lipinski definition) is 2. The Balaban J connectivity index is 2.12. The smallest absolute Gasteiger partial charge is 0.387 e. The Kier molecular flexibility index (Phi) is 4.84. The molecule has 0 bridgehead atoms. The highest BCUT2D eigenvalue weighted by molar-refractivity contribution is 6.04. The Morgan fingerprint density at radius 2 is 1.95 bits per heavy atom. The van der Waals surface area contributed by atoms with Crippen LogP contribution in [-0.2, 0) is 6.61 Å². The number of aliphatic hydroxyl groups excluding tert-OH is 1. The molecule has 110 valence electrons. The number of benzene rings is 2. The van der Waals surface area contributed by atoms with E-state index >= 15 is 0 Å². The van der Waals surface area contributed by atoms with Crippen LogP contribution < -0.4 is 10.1 Å². The Morgan fingerprint density at radius 1 is 1.19 bits per heavy atom. The summed E-state index contributed by atoms with van der Waals surface area (Å²) in [6.45, 7) is -3.08. The minimum atomic E-state index is -2.94. The minimum absolute atomic E-state index is 0.0817. The van der Waals surface area contributed by atoms with Gasteiger partial charge in [-0.25, -0.2) is 0 Å². The number of anilines is 1. The lowest BCUT2D eigenvalue weighted by molar-refractivity contribution is -0.0498. The van der Waals surface area contributed by atoms with Crippen LogP contribution in [0.1, 0.15) is 15.9 Å². The summed E-state index contributed by atoms with van der Waals surface area (Å²) in [7, 11) is 0. The quantitative estimate of drug-likeness (QED) is 0.891. The van der Waals surface area contributed by atoms with E-state index in [9.17, 15) is 13.6 Å². The zero-order valence-corrected chi connectivity index (χ0v) is 10.9. The van der Waals surface area contributed by atoms with Gasteiger partial charge in [-0.15, -0.1) is 0 Å². The third-order valence-electron chi connectivity index (χ3n) is 2.69. The molecule has 2 N–H and O–H groups in total. The van der Waals surface area contributed by atoms with Crippen molar-refractivity contribution in [1.29, 1.82) is 0 Å². The molecule has 0 atom stereocenters. The fourth-order valence-corrected chi connectivity index (χ4v) is 1.76. The van der Waals surface area contributed by atoms with Crippen LogP contribution >= 0.6 is 0 Å². The molecular formula is C15H13F2NO3. The number of hydrogen-bond acceptors (Lipinski definition) is 3. The number of ether oxygens (including phenoxy) is 1. The third-order valence-corrected chi connectivity index (χ3v) is 2.69. The highest BCUT2D eigenvalue weighted by atomic mass is 19.3. The van der Waals surface area contributed by atoms with Gasteiger partial charge in [-0.05, 0) is 35.9 Å². The summed E-state index contributed by atoms with van der Waals surface area (Å²) < 4.78 is 28.5. The van der Waals surface area contributed by atoms with Gasteiger partial charge in [0.2, 0.25) is 0 Å². The van der Waals surface area contributed by atoms with Crippen molar-refractivity contribution in [2.24, 2.45) is 0 Å². The van der Waals surface area contributed by atoms with E-state index in [1.165, 1.54) is 24.3 Å². The van der Waals surface area contributed by atoms with Gasteiger partial charge in [0.25, 0.3) is 5.91 Å². The summed E-state index contributed by atoms with van der Waals surface area (Å²) in [5.41, 5.74) is 1.36. The predicted octanol–water partition coefficient (Wildman–Crippen LogP) is 3.03. The van der Waals surface area contributed by atoms with Gasteiger partial charge in [0.15, 0.2) is 0 Å². The normalized spacial score (nSPS) is 10.5. The van der Waals surface area contributed by atoms with Gasteiger partial charge in [0.05, 0.1) is 6.61 Å². The molecule has 0 radical (unpaired) electrons. The van der Waals surface area contributed by atoms with Gasteiger partial charge in [-0.3, -0.25) is 4.79 Å². The average molecular weight is 293 g/mol. The molecule has 4 nitrogen and oxygen atoms in total. The van der Waals surface area contributed by atoms with E-state index < -0.39 is 12.5 Å². The van der Waals surface area contributed by atoms with E-state index in [0.29, 0.717) is 11.3 Å². The molecule has 0 aromatic heterocycles. The fraction of sp³-hybridized carbons (Fsp3) is 0.133. The van der Waals surface area contributed by atoms with Gasteiger partial charge in [-0.1, -0.05) is 18.2 Å². The highest BCUT2D eigenvalue weighted by Crippen LogP contribution is 2.18. The van der Waals surface area contributed by atoms with Crippen LogP contribution in [-0.4, -0.2) is 17.6 Å². The highest BCUT2D eigenvalue weighted by Gasteiger charge is 2.10. The Morgan fingerprint density at radius 3 is 2.67 bits per heavy atom.